The van der Waals surface area contributed by atoms with Gasteiger partial charge in [0.15, 0.2) is 0 Å². The molecule has 0 aromatic heterocycles. The number of hydrogen-bond donors (Lipinski definition) is 0. The van der Waals surface area contributed by atoms with Gasteiger partial charge in [0.25, 0.3) is 0 Å². The van der Waals surface area contributed by atoms with Crippen molar-refractivity contribution in [2.75, 3.05) is 0 Å². The van der Waals surface area contributed by atoms with Gasteiger partial charge >= 0.3 is 0 Å². The Bertz CT molecular complexity index is 17.9. The molecule has 0 aromatic carbocycles. The van der Waals surface area contributed by atoms with Crippen molar-refractivity contribution in [2.24, 2.45) is 0 Å². The van der Waals surface area contributed by atoms with Crippen LogP contribution < -0.4 is 0 Å². The zero-order valence-electron chi connectivity index (χ0n) is 4.79. The molecular formula is C2H3OY5-. The van der Waals surface area contributed by atoms with E-state index < -0.39 is 0 Å². The van der Waals surface area contributed by atoms with E-state index in [1.54, 1.807) is 0 Å². The van der Waals surface area contributed by atoms with Crippen LogP contribution >= 0.6 is 0 Å². The van der Waals surface area contributed by atoms with Crippen molar-refractivity contribution in [3.63, 3.8) is 0 Å². The topological polar surface area (TPSA) is 17.1 Å². The number of carbonyl (C=O) groups excluding carboxylic acids is 1. The van der Waals surface area contributed by atoms with Crippen LogP contribution in [-0.4, -0.2) is 6.29 Å². The summed E-state index contributed by atoms with van der Waals surface area (Å²) >= 11 is 0. The van der Waals surface area contributed by atoms with E-state index in [4.69, 9.17) is 4.79 Å². The van der Waals surface area contributed by atoms with Gasteiger partial charge in [0.05, 0.1) is 0 Å². The number of hydrogen-bond acceptors (Lipinski definition) is 1. The maximum Gasteiger partial charge on any atom is 0 e. The number of rotatable bonds is 0. The summed E-state index contributed by atoms with van der Waals surface area (Å²) < 4.78 is 0. The largest absolute Gasteiger partial charge is 0.542 e. The Morgan fingerprint density at radius 3 is 0.875 bits per heavy atom. The molecule has 0 aliphatic heterocycles. The second-order valence-corrected chi connectivity index (χ2v) is 0.204. The van der Waals surface area contributed by atoms with Gasteiger partial charge in [-0.2, -0.15) is 6.92 Å². The average Bonchev–Trinajstić information content (AvgIpc) is 0.918. The Hall–Kier alpha value is 5.19. The molecule has 0 amide bonds. The molecule has 0 unspecified atom stereocenters. The first-order valence-corrected chi connectivity index (χ1v) is 0.704. The van der Waals surface area contributed by atoms with Crippen LogP contribution in [0.5, 0.6) is 0 Å². The van der Waals surface area contributed by atoms with Gasteiger partial charge < -0.3 is 4.79 Å². The maximum absolute atomic E-state index is 8.68. The summed E-state index contributed by atoms with van der Waals surface area (Å²) in [6.07, 6.45) is 1.50. The molecule has 0 aliphatic rings. The van der Waals surface area contributed by atoms with Crippen molar-refractivity contribution in [2.45, 2.75) is 6.92 Å². The summed E-state index contributed by atoms with van der Waals surface area (Å²) in [5.74, 6) is 0. The van der Waals surface area contributed by atoms with E-state index >= 15 is 0 Å². The van der Waals surface area contributed by atoms with Crippen LogP contribution in [0.3, 0.4) is 0 Å². The van der Waals surface area contributed by atoms with Gasteiger partial charge in [-0.15, -0.1) is 0 Å². The molecule has 6 heteroatoms. The smallest absolute Gasteiger partial charge is 0 e. The van der Waals surface area contributed by atoms with Crippen molar-refractivity contribution in [1.29, 1.82) is 0 Å². The maximum atomic E-state index is 8.68. The zero-order valence-corrected chi connectivity index (χ0v) is 19.0. The first-order chi connectivity index (χ1) is 1.41. The summed E-state index contributed by atoms with van der Waals surface area (Å²) in [5.41, 5.74) is 0. The van der Waals surface area contributed by atoms with E-state index in [0.717, 1.165) is 0 Å². The van der Waals surface area contributed by atoms with Crippen LogP contribution in [0.1, 0.15) is 6.92 Å². The van der Waals surface area contributed by atoms with E-state index in [2.05, 4.69) is 0 Å². The SMILES string of the molecule is C[C-]=O.[Y].[Y].[Y].[Y].[Y]. The zero-order chi connectivity index (χ0) is 2.71. The van der Waals surface area contributed by atoms with Gasteiger partial charge in [-0.3, -0.25) is 6.29 Å². The second kappa shape index (κ2) is 39.8. The van der Waals surface area contributed by atoms with Crippen LogP contribution in [0.25, 0.3) is 0 Å². The molecule has 0 saturated carbocycles. The minimum Gasteiger partial charge on any atom is -0.542 e. The fourth-order valence-corrected chi connectivity index (χ4v) is 0. The van der Waals surface area contributed by atoms with Gasteiger partial charge in [-0.1, -0.05) is 0 Å². The van der Waals surface area contributed by atoms with Crippen LogP contribution in [0, 0.1) is 0 Å². The van der Waals surface area contributed by atoms with Crippen molar-refractivity contribution in [3.05, 3.63) is 0 Å². The molecule has 0 fully saturated rings. The van der Waals surface area contributed by atoms with E-state index in [-0.39, 0.29) is 164 Å². The summed E-state index contributed by atoms with van der Waals surface area (Å²) in [7, 11) is 0. The molecule has 33 valence electrons. The third-order valence-corrected chi connectivity index (χ3v) is 0. The van der Waals surface area contributed by atoms with E-state index in [0.29, 0.717) is 0 Å². The van der Waals surface area contributed by atoms with E-state index in [1.807, 2.05) is 0 Å². The molecule has 0 aliphatic carbocycles. The molecule has 0 saturated heterocycles. The van der Waals surface area contributed by atoms with Crippen molar-refractivity contribution >= 4 is 6.29 Å². The Morgan fingerprint density at radius 2 is 0.875 bits per heavy atom. The van der Waals surface area contributed by atoms with Gasteiger partial charge in [0.1, 0.15) is 0 Å². The Kier molecular flexibility index (Phi) is 189. The standard InChI is InChI=1S/C2H3O.5Y/c1-2-3;;;;;/h1H3;;;;;/q-1;;;;;. The predicted molar refractivity (Wildman–Crippen MR) is 11.4 cm³/mol. The van der Waals surface area contributed by atoms with Crippen molar-refractivity contribution in [1.82, 2.24) is 0 Å². The quantitative estimate of drug-likeness (QED) is 0.444. The molecule has 8 heavy (non-hydrogen) atoms. The monoisotopic (exact) mass is 488 g/mol. The summed E-state index contributed by atoms with van der Waals surface area (Å²) in [4.78, 5) is 8.68. The van der Waals surface area contributed by atoms with Crippen molar-refractivity contribution < 1.29 is 168 Å². The summed E-state index contributed by atoms with van der Waals surface area (Å²) in [6, 6.07) is 0. The summed E-state index contributed by atoms with van der Waals surface area (Å²) in [5, 5.41) is 0. The minimum atomic E-state index is 0. The minimum absolute atomic E-state index is 0. The van der Waals surface area contributed by atoms with Crippen LogP contribution in [-0.2, 0) is 168 Å². The molecule has 0 heterocycles. The Labute approximate surface area is 176 Å². The first kappa shape index (κ1) is 37.9. The third-order valence-electron chi connectivity index (χ3n) is 0. The van der Waals surface area contributed by atoms with Crippen molar-refractivity contribution in [3.8, 4) is 0 Å². The average molecular weight is 488 g/mol. The molecule has 0 N–H and O–H groups in total. The molecule has 0 bridgehead atoms. The molecule has 0 atom stereocenters. The van der Waals surface area contributed by atoms with Crippen LogP contribution in [0.2, 0.25) is 0 Å². The van der Waals surface area contributed by atoms with Crippen LogP contribution in [0.4, 0.5) is 0 Å². The fraction of sp³-hybridized carbons (Fsp3) is 0.500. The van der Waals surface area contributed by atoms with Gasteiger partial charge in [-0.25, -0.2) is 0 Å². The molecule has 1 nitrogen and oxygen atoms in total. The Morgan fingerprint density at radius 1 is 0.875 bits per heavy atom. The molecule has 0 rings (SSSR count). The van der Waals surface area contributed by atoms with E-state index in [9.17, 15) is 0 Å². The van der Waals surface area contributed by atoms with Gasteiger partial charge in [0.2, 0.25) is 0 Å². The molecule has 0 aromatic rings. The van der Waals surface area contributed by atoms with Gasteiger partial charge in [0, 0.05) is 164 Å². The Balaban J connectivity index is -0.00000000200. The third kappa shape index (κ3) is 43.1. The van der Waals surface area contributed by atoms with E-state index in [1.165, 1.54) is 13.2 Å². The second-order valence-electron chi connectivity index (χ2n) is 0.204. The fourth-order valence-electron chi connectivity index (χ4n) is 0. The molecule has 0 spiro atoms. The summed E-state index contributed by atoms with van der Waals surface area (Å²) in [6.45, 7) is 1.32. The first-order valence-electron chi connectivity index (χ1n) is 0.704. The normalized spacial score (nSPS) is 1.62. The predicted octanol–water partition coefficient (Wildman–Crippen LogP) is 0.103. The molecule has 5 radical (unpaired) electrons. The van der Waals surface area contributed by atoms with Gasteiger partial charge in [-0.05, 0) is 0 Å². The molecular weight excluding hydrogens is 485 g/mol. The van der Waals surface area contributed by atoms with Crippen LogP contribution in [0.15, 0.2) is 0 Å².